The van der Waals surface area contributed by atoms with Crippen molar-refractivity contribution in [3.05, 3.63) is 54.1 Å². The van der Waals surface area contributed by atoms with Crippen LogP contribution in [-0.2, 0) is 9.59 Å². The lowest BCUT2D eigenvalue weighted by Crippen LogP contribution is -2.85. The Kier molecular flexibility index (Phi) is 5.28. The molecule has 2 aromatic carbocycles. The molecule has 0 unspecified atom stereocenters. The van der Waals surface area contributed by atoms with Crippen molar-refractivity contribution in [2.24, 2.45) is 0 Å². The highest BCUT2D eigenvalue weighted by molar-refractivity contribution is 5.82. The average Bonchev–Trinajstić information content (AvgIpc) is 2.72. The molecule has 6 nitrogen and oxygen atoms in total. The molecule has 1 N–H and O–H groups in total. The molecular formula is C24H28N2O4. The first-order valence-electron chi connectivity index (χ1n) is 10.4. The predicted octanol–water partition coefficient (Wildman–Crippen LogP) is 2.66. The number of methoxy groups -OCH3 is 1. The molecule has 2 aromatic rings. The highest BCUT2D eigenvalue weighted by Gasteiger charge is 2.67. The number of carbonyl (C=O) groups is 2. The quantitative estimate of drug-likeness (QED) is 0.826. The molecule has 30 heavy (non-hydrogen) atoms. The van der Waals surface area contributed by atoms with Crippen LogP contribution in [0.5, 0.6) is 5.75 Å². The Morgan fingerprint density at radius 2 is 1.80 bits per heavy atom. The van der Waals surface area contributed by atoms with Gasteiger partial charge in [-0.3, -0.25) is 9.59 Å². The van der Waals surface area contributed by atoms with E-state index in [1.54, 1.807) is 18.9 Å². The number of benzene rings is 2. The maximum atomic E-state index is 12.6. The lowest BCUT2D eigenvalue weighted by molar-refractivity contribution is -0.202. The summed E-state index contributed by atoms with van der Waals surface area (Å²) in [5, 5.41) is 10.1. The second-order valence-corrected chi connectivity index (χ2v) is 8.15. The van der Waals surface area contributed by atoms with Crippen LogP contribution in [0.2, 0.25) is 0 Å². The van der Waals surface area contributed by atoms with Gasteiger partial charge in [-0.25, -0.2) is 0 Å². The highest BCUT2D eigenvalue weighted by Crippen LogP contribution is 2.54. The second kappa shape index (κ2) is 7.76. The maximum Gasteiger partial charge on any atom is 0.223 e. The number of amides is 2. The number of hydrogen-bond acceptors (Lipinski definition) is 4. The Balaban J connectivity index is 1.66. The van der Waals surface area contributed by atoms with Gasteiger partial charge >= 0.3 is 0 Å². The van der Waals surface area contributed by atoms with Crippen molar-refractivity contribution >= 4 is 11.8 Å². The molecule has 0 saturated carbocycles. The summed E-state index contributed by atoms with van der Waals surface area (Å²) in [5.74, 6) is 0.858. The van der Waals surface area contributed by atoms with Crippen molar-refractivity contribution in [3.8, 4) is 16.9 Å². The van der Waals surface area contributed by atoms with E-state index in [0.29, 0.717) is 19.5 Å². The molecule has 6 heteroatoms. The number of para-hydroxylation sites is 1. The minimum Gasteiger partial charge on any atom is -0.496 e. The standard InChI is InChI=1S/C24H28N2O4/c1-4-22(29)26-20(13-27)23(24(26)14-25(15-24)16(2)28)18-11-9-17(10-12-18)19-7-5-6-8-21(19)30-3/h5-12,20,23,27H,4,13-15H2,1-3H3/t20-,23+/m1/s1. The van der Waals surface area contributed by atoms with Gasteiger partial charge in [0, 0.05) is 37.9 Å². The molecule has 2 atom stereocenters. The van der Waals surface area contributed by atoms with Gasteiger partial charge in [-0.05, 0) is 17.2 Å². The smallest absolute Gasteiger partial charge is 0.223 e. The van der Waals surface area contributed by atoms with Crippen LogP contribution in [0.15, 0.2) is 48.5 Å². The van der Waals surface area contributed by atoms with Crippen LogP contribution in [0.1, 0.15) is 31.7 Å². The Bertz CT molecular complexity index is 950. The fraction of sp³-hybridized carbons (Fsp3) is 0.417. The molecule has 158 valence electrons. The second-order valence-electron chi connectivity index (χ2n) is 8.15. The van der Waals surface area contributed by atoms with E-state index in [4.69, 9.17) is 4.74 Å². The molecule has 2 amide bonds. The Hall–Kier alpha value is -2.86. The van der Waals surface area contributed by atoms with Crippen LogP contribution in [0.3, 0.4) is 0 Å². The monoisotopic (exact) mass is 408 g/mol. The fourth-order valence-corrected chi connectivity index (χ4v) is 5.17. The molecule has 0 aliphatic carbocycles. The van der Waals surface area contributed by atoms with Crippen LogP contribution < -0.4 is 4.74 Å². The summed E-state index contributed by atoms with van der Waals surface area (Å²) in [6.45, 7) is 4.33. The number of likely N-dealkylation sites (tertiary alicyclic amines) is 2. The number of hydrogen-bond donors (Lipinski definition) is 1. The molecule has 0 bridgehead atoms. The molecule has 0 radical (unpaired) electrons. The van der Waals surface area contributed by atoms with Crippen LogP contribution in [-0.4, -0.2) is 65.1 Å². The van der Waals surface area contributed by atoms with E-state index >= 15 is 0 Å². The summed E-state index contributed by atoms with van der Waals surface area (Å²) in [6.07, 6.45) is 0.387. The molecule has 2 aliphatic rings. The zero-order valence-corrected chi connectivity index (χ0v) is 17.7. The van der Waals surface area contributed by atoms with Crippen molar-refractivity contribution in [2.45, 2.75) is 37.8 Å². The van der Waals surface area contributed by atoms with Crippen LogP contribution in [0, 0.1) is 0 Å². The SMILES string of the molecule is CCC(=O)N1[C@H](CO)[C@H](c2ccc(-c3ccccc3OC)cc2)C12CN(C(C)=O)C2. The Morgan fingerprint density at radius 1 is 1.13 bits per heavy atom. The van der Waals surface area contributed by atoms with Crippen molar-refractivity contribution in [1.29, 1.82) is 0 Å². The van der Waals surface area contributed by atoms with Gasteiger partial charge in [-0.2, -0.15) is 0 Å². The van der Waals surface area contributed by atoms with Crippen molar-refractivity contribution in [3.63, 3.8) is 0 Å². The van der Waals surface area contributed by atoms with Crippen molar-refractivity contribution in [1.82, 2.24) is 9.80 Å². The van der Waals surface area contributed by atoms with Crippen LogP contribution in [0.25, 0.3) is 11.1 Å². The molecule has 0 aromatic heterocycles. The normalized spacial score (nSPS) is 21.7. The van der Waals surface area contributed by atoms with Crippen molar-refractivity contribution < 1.29 is 19.4 Å². The number of aliphatic hydroxyl groups is 1. The zero-order valence-electron chi connectivity index (χ0n) is 17.7. The first-order valence-corrected chi connectivity index (χ1v) is 10.4. The molecule has 2 saturated heterocycles. The first kappa shape index (κ1) is 20.4. The van der Waals surface area contributed by atoms with E-state index in [2.05, 4.69) is 24.3 Å². The van der Waals surface area contributed by atoms with Gasteiger partial charge in [0.05, 0.1) is 25.3 Å². The Labute approximate surface area is 177 Å². The molecule has 1 spiro atoms. The topological polar surface area (TPSA) is 70.1 Å². The number of carbonyl (C=O) groups excluding carboxylic acids is 2. The van der Waals surface area contributed by atoms with E-state index in [1.165, 1.54) is 0 Å². The van der Waals surface area contributed by atoms with Gasteiger partial charge in [0.15, 0.2) is 0 Å². The molecule has 2 fully saturated rings. The van der Waals surface area contributed by atoms with E-state index in [9.17, 15) is 14.7 Å². The summed E-state index contributed by atoms with van der Waals surface area (Å²) in [4.78, 5) is 28.0. The van der Waals surface area contributed by atoms with Gasteiger partial charge < -0.3 is 19.6 Å². The minimum atomic E-state index is -0.419. The third-order valence-electron chi connectivity index (χ3n) is 6.60. The van der Waals surface area contributed by atoms with E-state index in [0.717, 1.165) is 22.4 Å². The molecule has 2 aliphatic heterocycles. The summed E-state index contributed by atoms with van der Waals surface area (Å²) in [6, 6.07) is 15.9. The fourth-order valence-electron chi connectivity index (χ4n) is 5.17. The summed E-state index contributed by atoms with van der Waals surface area (Å²) < 4.78 is 5.48. The molecule has 2 heterocycles. The first-order chi connectivity index (χ1) is 14.5. The maximum absolute atomic E-state index is 12.6. The van der Waals surface area contributed by atoms with Gasteiger partial charge in [0.25, 0.3) is 0 Å². The number of aliphatic hydroxyl groups excluding tert-OH is 1. The van der Waals surface area contributed by atoms with Gasteiger partial charge in [-0.1, -0.05) is 49.4 Å². The summed E-state index contributed by atoms with van der Waals surface area (Å²) in [5.41, 5.74) is 2.72. The van der Waals surface area contributed by atoms with Crippen LogP contribution >= 0.6 is 0 Å². The summed E-state index contributed by atoms with van der Waals surface area (Å²) in [7, 11) is 1.66. The molecular weight excluding hydrogens is 380 g/mol. The van der Waals surface area contributed by atoms with E-state index in [1.807, 2.05) is 36.1 Å². The third kappa shape index (κ3) is 2.98. The van der Waals surface area contributed by atoms with E-state index < -0.39 is 5.54 Å². The van der Waals surface area contributed by atoms with Gasteiger partial charge in [0.2, 0.25) is 11.8 Å². The lowest BCUT2D eigenvalue weighted by Gasteiger charge is -2.70. The molecule has 4 rings (SSSR count). The van der Waals surface area contributed by atoms with Crippen LogP contribution in [0.4, 0.5) is 0 Å². The largest absolute Gasteiger partial charge is 0.496 e. The Morgan fingerprint density at radius 3 is 2.37 bits per heavy atom. The average molecular weight is 408 g/mol. The number of rotatable bonds is 5. The number of ether oxygens (including phenoxy) is 1. The third-order valence-corrected chi connectivity index (χ3v) is 6.60. The number of nitrogens with zero attached hydrogens (tertiary/aromatic N) is 2. The zero-order chi connectivity index (χ0) is 21.5. The highest BCUT2D eigenvalue weighted by atomic mass is 16.5. The van der Waals surface area contributed by atoms with Gasteiger partial charge in [-0.15, -0.1) is 0 Å². The van der Waals surface area contributed by atoms with E-state index in [-0.39, 0.29) is 30.4 Å². The van der Waals surface area contributed by atoms with Gasteiger partial charge in [0.1, 0.15) is 5.75 Å². The lowest BCUT2D eigenvalue weighted by atomic mass is 9.60. The van der Waals surface area contributed by atoms with Crippen molar-refractivity contribution in [2.75, 3.05) is 26.8 Å². The summed E-state index contributed by atoms with van der Waals surface area (Å²) >= 11 is 0. The predicted molar refractivity (Wildman–Crippen MR) is 114 cm³/mol. The minimum absolute atomic E-state index is 0.000295.